The lowest BCUT2D eigenvalue weighted by Gasteiger charge is -2.07. The van der Waals surface area contributed by atoms with Gasteiger partial charge in [0, 0.05) is 5.69 Å². The van der Waals surface area contributed by atoms with E-state index in [-0.39, 0.29) is 22.2 Å². The second kappa shape index (κ2) is 6.32. The van der Waals surface area contributed by atoms with E-state index in [9.17, 15) is 9.18 Å². The maximum atomic E-state index is 13.9. The number of benzene rings is 1. The van der Waals surface area contributed by atoms with E-state index in [0.29, 0.717) is 5.69 Å². The molecule has 2 N–H and O–H groups in total. The van der Waals surface area contributed by atoms with Crippen LogP contribution < -0.4 is 5.32 Å². The predicted molar refractivity (Wildman–Crippen MR) is 77.7 cm³/mol. The van der Waals surface area contributed by atoms with Crippen molar-refractivity contribution in [3.8, 4) is 0 Å². The van der Waals surface area contributed by atoms with Gasteiger partial charge in [-0.15, -0.1) is 0 Å². The Balaban J connectivity index is 2.52. The van der Waals surface area contributed by atoms with Crippen molar-refractivity contribution < 1.29 is 14.3 Å². The number of nitrogens with one attached hydrogen (secondary N) is 1. The highest BCUT2D eigenvalue weighted by Gasteiger charge is 2.12. The van der Waals surface area contributed by atoms with Crippen LogP contribution in [0.1, 0.15) is 11.4 Å². The molecule has 0 spiro atoms. The molecule has 1 heterocycles. The van der Waals surface area contributed by atoms with Gasteiger partial charge in [0.25, 0.3) is 0 Å². The number of hydrogen-bond acceptors (Lipinski definition) is 3. The van der Waals surface area contributed by atoms with Crippen LogP contribution in [0, 0.1) is 12.7 Å². The van der Waals surface area contributed by atoms with Crippen molar-refractivity contribution in [1.29, 1.82) is 0 Å². The maximum absolute atomic E-state index is 13.9. The van der Waals surface area contributed by atoms with Gasteiger partial charge in [-0.25, -0.2) is 19.2 Å². The summed E-state index contributed by atoms with van der Waals surface area (Å²) >= 11 is 5.68. The minimum absolute atomic E-state index is 0.0745. The quantitative estimate of drug-likeness (QED) is 0.658. The molecule has 0 unspecified atom stereocenters. The molecule has 2 rings (SSSR count). The molecule has 108 valence electrons. The normalized spacial score (nSPS) is 11.3. The number of carboxylic acid groups (broad SMARTS) is 1. The summed E-state index contributed by atoms with van der Waals surface area (Å²) in [6.07, 6.45) is -1.32. The number of hydrogen-bond donors (Lipinski definition) is 2. The van der Waals surface area contributed by atoms with Gasteiger partial charge in [0.1, 0.15) is 11.4 Å². The van der Waals surface area contributed by atoms with Gasteiger partial charge < -0.3 is 5.11 Å². The first-order chi connectivity index (χ1) is 9.97. The Hall–Kier alpha value is -2.47. The van der Waals surface area contributed by atoms with Crippen LogP contribution in [0.2, 0.25) is 5.02 Å². The van der Waals surface area contributed by atoms with Crippen LogP contribution in [-0.2, 0) is 0 Å². The Labute approximate surface area is 125 Å². The Kier molecular flexibility index (Phi) is 4.49. The number of aliphatic imine (C=N–C) groups is 1. The average Bonchev–Trinajstić information content (AvgIpc) is 2.42. The van der Waals surface area contributed by atoms with Crippen LogP contribution in [0.4, 0.5) is 14.9 Å². The Morgan fingerprint density at radius 1 is 1.33 bits per heavy atom. The third-order valence-electron chi connectivity index (χ3n) is 2.52. The maximum Gasteiger partial charge on any atom is 0.410 e. The Bertz CT molecular complexity index is 719. The fourth-order valence-electron chi connectivity index (χ4n) is 1.62. The standard InChI is InChI=1S/C14H11ClFN3O2/c1-8-4-2-7-11(17-8)13(19-14(20)21)18-10-6-3-5-9(15)12(10)16/h2-7H,1H3,(H,18,19)(H,20,21). The van der Waals surface area contributed by atoms with E-state index < -0.39 is 11.9 Å². The van der Waals surface area contributed by atoms with E-state index in [1.54, 1.807) is 25.1 Å². The second-order valence-electron chi connectivity index (χ2n) is 4.13. The van der Waals surface area contributed by atoms with Crippen LogP contribution in [-0.4, -0.2) is 22.0 Å². The number of aromatic nitrogens is 1. The summed E-state index contributed by atoms with van der Waals surface area (Å²) in [6, 6.07) is 9.31. The lowest BCUT2D eigenvalue weighted by atomic mass is 10.2. The minimum atomic E-state index is -1.32. The predicted octanol–water partition coefficient (Wildman–Crippen LogP) is 3.53. The summed E-state index contributed by atoms with van der Waals surface area (Å²) in [5.74, 6) is -0.802. The number of amides is 1. The summed E-state index contributed by atoms with van der Waals surface area (Å²) in [6.45, 7) is 1.75. The molecule has 0 atom stereocenters. The summed E-state index contributed by atoms with van der Waals surface area (Å²) in [5, 5.41) is 10.9. The minimum Gasteiger partial charge on any atom is -0.465 e. The molecule has 7 heteroatoms. The zero-order chi connectivity index (χ0) is 15.4. The smallest absolute Gasteiger partial charge is 0.410 e. The van der Waals surface area contributed by atoms with Gasteiger partial charge in [-0.3, -0.25) is 5.32 Å². The molecule has 1 aromatic carbocycles. The fourth-order valence-corrected chi connectivity index (χ4v) is 1.79. The summed E-state index contributed by atoms with van der Waals surface area (Å²) in [4.78, 5) is 19.0. The second-order valence-corrected chi connectivity index (χ2v) is 4.53. The average molecular weight is 308 g/mol. The van der Waals surface area contributed by atoms with Crippen LogP contribution in [0.3, 0.4) is 0 Å². The van der Waals surface area contributed by atoms with Crippen molar-refractivity contribution in [1.82, 2.24) is 10.3 Å². The van der Waals surface area contributed by atoms with E-state index >= 15 is 0 Å². The molecule has 0 aliphatic rings. The number of halogens is 2. The van der Waals surface area contributed by atoms with Crippen LogP contribution in [0.25, 0.3) is 0 Å². The highest BCUT2D eigenvalue weighted by molar-refractivity contribution is 6.31. The number of rotatable bonds is 2. The molecular formula is C14H11ClFN3O2. The molecule has 21 heavy (non-hydrogen) atoms. The van der Waals surface area contributed by atoms with Gasteiger partial charge in [-0.2, -0.15) is 0 Å². The lowest BCUT2D eigenvalue weighted by Crippen LogP contribution is -2.30. The van der Waals surface area contributed by atoms with Crippen molar-refractivity contribution in [2.24, 2.45) is 4.99 Å². The van der Waals surface area contributed by atoms with Gasteiger partial charge in [0.2, 0.25) is 0 Å². The first-order valence-corrected chi connectivity index (χ1v) is 6.32. The zero-order valence-electron chi connectivity index (χ0n) is 11.0. The van der Waals surface area contributed by atoms with Crippen LogP contribution >= 0.6 is 11.6 Å². The van der Waals surface area contributed by atoms with Crippen LogP contribution in [0.5, 0.6) is 0 Å². The largest absolute Gasteiger partial charge is 0.465 e. The van der Waals surface area contributed by atoms with Crippen molar-refractivity contribution >= 4 is 29.2 Å². The molecule has 0 aliphatic heterocycles. The summed E-state index contributed by atoms with van der Waals surface area (Å²) in [5.41, 5.74) is 0.894. The number of carbonyl (C=O) groups is 1. The molecule has 0 saturated heterocycles. The molecule has 1 amide bonds. The molecule has 2 aromatic rings. The fraction of sp³-hybridized carbons (Fsp3) is 0.0714. The zero-order valence-corrected chi connectivity index (χ0v) is 11.7. The molecule has 0 fully saturated rings. The molecule has 5 nitrogen and oxygen atoms in total. The third kappa shape index (κ3) is 3.76. The SMILES string of the molecule is Cc1cccc(C(=Nc2cccc(Cl)c2F)NC(=O)O)n1. The van der Waals surface area contributed by atoms with E-state index in [1.165, 1.54) is 18.2 Å². The lowest BCUT2D eigenvalue weighted by molar-refractivity contribution is 0.200. The van der Waals surface area contributed by atoms with Crippen molar-refractivity contribution in [2.45, 2.75) is 6.92 Å². The van der Waals surface area contributed by atoms with Gasteiger partial charge in [0.05, 0.1) is 5.02 Å². The molecule has 0 saturated carbocycles. The first-order valence-electron chi connectivity index (χ1n) is 5.94. The van der Waals surface area contributed by atoms with Gasteiger partial charge in [-0.05, 0) is 31.2 Å². The first kappa shape index (κ1) is 14.9. The van der Waals surface area contributed by atoms with Gasteiger partial charge in [0.15, 0.2) is 11.7 Å². The highest BCUT2D eigenvalue weighted by atomic mass is 35.5. The monoisotopic (exact) mass is 307 g/mol. The van der Waals surface area contributed by atoms with Crippen molar-refractivity contribution in [3.05, 3.63) is 58.6 Å². The van der Waals surface area contributed by atoms with E-state index in [4.69, 9.17) is 16.7 Å². The van der Waals surface area contributed by atoms with Crippen molar-refractivity contribution in [3.63, 3.8) is 0 Å². The Morgan fingerprint density at radius 2 is 2.05 bits per heavy atom. The van der Waals surface area contributed by atoms with Crippen molar-refractivity contribution in [2.75, 3.05) is 0 Å². The van der Waals surface area contributed by atoms with E-state index in [2.05, 4.69) is 15.3 Å². The number of pyridine rings is 1. The Morgan fingerprint density at radius 3 is 2.71 bits per heavy atom. The van der Waals surface area contributed by atoms with Gasteiger partial charge >= 0.3 is 6.09 Å². The number of amidine groups is 1. The topological polar surface area (TPSA) is 74.6 Å². The molecule has 1 aromatic heterocycles. The highest BCUT2D eigenvalue weighted by Crippen LogP contribution is 2.24. The summed E-state index contributed by atoms with van der Waals surface area (Å²) in [7, 11) is 0. The van der Waals surface area contributed by atoms with Crippen LogP contribution in [0.15, 0.2) is 41.4 Å². The molecular weight excluding hydrogens is 297 g/mol. The van der Waals surface area contributed by atoms with Gasteiger partial charge in [-0.1, -0.05) is 23.7 Å². The molecule has 0 bridgehead atoms. The molecule has 0 aliphatic carbocycles. The third-order valence-corrected chi connectivity index (χ3v) is 2.81. The van der Waals surface area contributed by atoms with E-state index in [1.807, 2.05) is 0 Å². The molecule has 0 radical (unpaired) electrons. The summed E-state index contributed by atoms with van der Waals surface area (Å²) < 4.78 is 13.9. The van der Waals surface area contributed by atoms with E-state index in [0.717, 1.165) is 0 Å². The number of nitrogens with zero attached hydrogens (tertiary/aromatic N) is 2. The number of aryl methyl sites for hydroxylation is 1.